The first kappa shape index (κ1) is 15.7. The summed E-state index contributed by atoms with van der Waals surface area (Å²) in [4.78, 5) is 28.4. The quantitative estimate of drug-likeness (QED) is 0.815. The number of nitrogens with one attached hydrogen (secondary N) is 1. The van der Waals surface area contributed by atoms with Gasteiger partial charge in [0.15, 0.2) is 0 Å². The van der Waals surface area contributed by atoms with E-state index in [2.05, 4.69) is 5.32 Å². The van der Waals surface area contributed by atoms with Crippen LogP contribution in [0.25, 0.3) is 0 Å². The fourth-order valence-corrected chi connectivity index (χ4v) is 3.68. The third-order valence-electron chi connectivity index (χ3n) is 4.93. The predicted octanol–water partition coefficient (Wildman–Crippen LogP) is 0.368. The Morgan fingerprint density at radius 3 is 2.50 bits per heavy atom. The van der Waals surface area contributed by atoms with Crippen LogP contribution in [0.2, 0.25) is 0 Å². The predicted molar refractivity (Wildman–Crippen MR) is 82.4 cm³/mol. The number of hydrogen-bond acceptors (Lipinski definition) is 4. The SMILES string of the molecule is O=C(CN1CCOC(C(=O)N2CCCC2)C1)NC1CCCC1. The van der Waals surface area contributed by atoms with E-state index in [1.165, 1.54) is 12.8 Å². The highest BCUT2D eigenvalue weighted by Crippen LogP contribution is 2.18. The summed E-state index contributed by atoms with van der Waals surface area (Å²) in [5.41, 5.74) is 0. The van der Waals surface area contributed by atoms with Crippen molar-refractivity contribution in [1.29, 1.82) is 0 Å². The van der Waals surface area contributed by atoms with E-state index >= 15 is 0 Å². The molecule has 3 rings (SSSR count). The van der Waals surface area contributed by atoms with Crippen molar-refractivity contribution in [3.05, 3.63) is 0 Å². The van der Waals surface area contributed by atoms with Crippen LogP contribution < -0.4 is 5.32 Å². The zero-order valence-electron chi connectivity index (χ0n) is 13.3. The molecule has 1 atom stereocenters. The number of rotatable bonds is 4. The van der Waals surface area contributed by atoms with Crippen molar-refractivity contribution in [2.75, 3.05) is 39.3 Å². The van der Waals surface area contributed by atoms with Crippen LogP contribution in [0.1, 0.15) is 38.5 Å². The number of nitrogens with zero attached hydrogens (tertiary/aromatic N) is 2. The van der Waals surface area contributed by atoms with Gasteiger partial charge in [0, 0.05) is 32.2 Å². The molecule has 6 heteroatoms. The largest absolute Gasteiger partial charge is 0.366 e. The minimum atomic E-state index is -0.397. The van der Waals surface area contributed by atoms with E-state index < -0.39 is 6.10 Å². The third kappa shape index (κ3) is 3.98. The summed E-state index contributed by atoms with van der Waals surface area (Å²) in [5, 5.41) is 3.11. The molecule has 3 aliphatic rings. The highest BCUT2D eigenvalue weighted by Gasteiger charge is 2.32. The second-order valence-corrected chi connectivity index (χ2v) is 6.68. The number of hydrogen-bond donors (Lipinski definition) is 1. The molecule has 22 heavy (non-hydrogen) atoms. The summed E-state index contributed by atoms with van der Waals surface area (Å²) in [7, 11) is 0. The van der Waals surface area contributed by atoms with E-state index in [-0.39, 0.29) is 11.8 Å². The fraction of sp³-hybridized carbons (Fsp3) is 0.875. The van der Waals surface area contributed by atoms with E-state index in [1.807, 2.05) is 9.80 Å². The van der Waals surface area contributed by atoms with Crippen LogP contribution >= 0.6 is 0 Å². The summed E-state index contributed by atoms with van der Waals surface area (Å²) in [5.74, 6) is 0.180. The Kier molecular flexibility index (Phi) is 5.31. The molecule has 0 spiro atoms. The van der Waals surface area contributed by atoms with E-state index in [1.54, 1.807) is 0 Å². The van der Waals surface area contributed by atoms with Gasteiger partial charge >= 0.3 is 0 Å². The van der Waals surface area contributed by atoms with Crippen LogP contribution in [0.15, 0.2) is 0 Å². The molecule has 0 bridgehead atoms. The second kappa shape index (κ2) is 7.42. The summed E-state index contributed by atoms with van der Waals surface area (Å²) >= 11 is 0. The molecule has 0 radical (unpaired) electrons. The van der Waals surface area contributed by atoms with Crippen LogP contribution in [0.5, 0.6) is 0 Å². The smallest absolute Gasteiger partial charge is 0.253 e. The lowest BCUT2D eigenvalue weighted by Crippen LogP contribution is -2.53. The molecule has 1 saturated carbocycles. The van der Waals surface area contributed by atoms with Crippen molar-refractivity contribution in [2.45, 2.75) is 50.7 Å². The average Bonchev–Trinajstić information content (AvgIpc) is 3.19. The minimum Gasteiger partial charge on any atom is -0.366 e. The van der Waals surface area contributed by atoms with Gasteiger partial charge in [0.1, 0.15) is 6.10 Å². The van der Waals surface area contributed by atoms with Crippen LogP contribution in [0, 0.1) is 0 Å². The van der Waals surface area contributed by atoms with Crippen molar-refractivity contribution in [3.63, 3.8) is 0 Å². The van der Waals surface area contributed by atoms with Gasteiger partial charge < -0.3 is 15.0 Å². The number of carbonyl (C=O) groups is 2. The summed E-state index contributed by atoms with van der Waals surface area (Å²) in [6, 6.07) is 0.357. The zero-order chi connectivity index (χ0) is 15.4. The maximum Gasteiger partial charge on any atom is 0.253 e. The normalized spacial score (nSPS) is 27.3. The van der Waals surface area contributed by atoms with Gasteiger partial charge in [0.25, 0.3) is 5.91 Å². The second-order valence-electron chi connectivity index (χ2n) is 6.68. The van der Waals surface area contributed by atoms with Crippen LogP contribution in [-0.4, -0.2) is 73.1 Å². The van der Waals surface area contributed by atoms with Crippen molar-refractivity contribution < 1.29 is 14.3 Å². The maximum absolute atomic E-state index is 12.4. The zero-order valence-corrected chi connectivity index (χ0v) is 13.3. The molecule has 0 aromatic heterocycles. The Labute approximate surface area is 132 Å². The Morgan fingerprint density at radius 2 is 1.77 bits per heavy atom. The van der Waals surface area contributed by atoms with Crippen LogP contribution in [0.3, 0.4) is 0 Å². The fourth-order valence-electron chi connectivity index (χ4n) is 3.68. The van der Waals surface area contributed by atoms with Gasteiger partial charge in [0.05, 0.1) is 13.2 Å². The number of carbonyl (C=O) groups excluding carboxylic acids is 2. The molecule has 3 fully saturated rings. The molecule has 2 saturated heterocycles. The van der Waals surface area contributed by atoms with Gasteiger partial charge in [-0.25, -0.2) is 0 Å². The average molecular weight is 309 g/mol. The molecule has 2 heterocycles. The first-order valence-corrected chi connectivity index (χ1v) is 8.64. The lowest BCUT2D eigenvalue weighted by molar-refractivity contribution is -0.149. The first-order chi connectivity index (χ1) is 10.7. The minimum absolute atomic E-state index is 0.0844. The van der Waals surface area contributed by atoms with Gasteiger partial charge in [-0.3, -0.25) is 14.5 Å². The summed E-state index contributed by atoms with van der Waals surface area (Å²) < 4.78 is 5.63. The molecule has 2 amide bonds. The first-order valence-electron chi connectivity index (χ1n) is 8.64. The Morgan fingerprint density at radius 1 is 1.05 bits per heavy atom. The molecule has 1 N–H and O–H groups in total. The van der Waals surface area contributed by atoms with Crippen molar-refractivity contribution in [3.8, 4) is 0 Å². The number of morpholine rings is 1. The molecule has 0 aromatic carbocycles. The molecular formula is C16H27N3O3. The summed E-state index contributed by atoms with van der Waals surface area (Å²) in [6.07, 6.45) is 6.42. The van der Waals surface area contributed by atoms with Gasteiger partial charge in [0.2, 0.25) is 5.91 Å². The van der Waals surface area contributed by atoms with Crippen molar-refractivity contribution in [2.24, 2.45) is 0 Å². The molecule has 2 aliphatic heterocycles. The lowest BCUT2D eigenvalue weighted by atomic mass is 10.2. The highest BCUT2D eigenvalue weighted by molar-refractivity contribution is 5.82. The summed E-state index contributed by atoms with van der Waals surface area (Å²) in [6.45, 7) is 3.86. The van der Waals surface area contributed by atoms with Crippen LogP contribution in [-0.2, 0) is 14.3 Å². The Hall–Kier alpha value is -1.14. The van der Waals surface area contributed by atoms with E-state index in [4.69, 9.17) is 4.74 Å². The molecule has 1 unspecified atom stereocenters. The van der Waals surface area contributed by atoms with E-state index in [0.29, 0.717) is 25.7 Å². The number of ether oxygens (including phenoxy) is 1. The maximum atomic E-state index is 12.4. The van der Waals surface area contributed by atoms with E-state index in [9.17, 15) is 9.59 Å². The highest BCUT2D eigenvalue weighted by atomic mass is 16.5. The monoisotopic (exact) mass is 309 g/mol. The molecule has 124 valence electrons. The van der Waals surface area contributed by atoms with Crippen LogP contribution in [0.4, 0.5) is 0 Å². The van der Waals surface area contributed by atoms with Gasteiger partial charge in [-0.2, -0.15) is 0 Å². The number of amides is 2. The third-order valence-corrected chi connectivity index (χ3v) is 4.93. The molecule has 1 aliphatic carbocycles. The Bertz CT molecular complexity index is 403. The van der Waals surface area contributed by atoms with Gasteiger partial charge in [-0.15, -0.1) is 0 Å². The lowest BCUT2D eigenvalue weighted by Gasteiger charge is -2.33. The Balaban J connectivity index is 1.45. The molecule has 6 nitrogen and oxygen atoms in total. The molecule has 0 aromatic rings. The van der Waals surface area contributed by atoms with Gasteiger partial charge in [-0.1, -0.05) is 12.8 Å². The standard InChI is InChI=1S/C16H27N3O3/c20-15(17-13-5-1-2-6-13)12-18-9-10-22-14(11-18)16(21)19-7-3-4-8-19/h13-14H,1-12H2,(H,17,20). The molecular weight excluding hydrogens is 282 g/mol. The van der Waals surface area contributed by atoms with Gasteiger partial charge in [-0.05, 0) is 25.7 Å². The van der Waals surface area contributed by atoms with Crippen molar-refractivity contribution in [1.82, 2.24) is 15.1 Å². The topological polar surface area (TPSA) is 61.9 Å². The van der Waals surface area contributed by atoms with E-state index in [0.717, 1.165) is 45.3 Å². The number of likely N-dealkylation sites (tertiary alicyclic amines) is 1. The van der Waals surface area contributed by atoms with Crippen molar-refractivity contribution >= 4 is 11.8 Å².